The SMILES string of the molecule is C/C(=N\NC(=O)CN(c1cccc(C)c1C)S(=O)(=O)c1ccccc1)c1ccc(NC(=O)c2ccccc2)cc1. The van der Waals surface area contributed by atoms with Crippen molar-refractivity contribution in [1.82, 2.24) is 5.43 Å². The highest BCUT2D eigenvalue weighted by atomic mass is 32.2. The van der Waals surface area contributed by atoms with E-state index in [1.54, 1.807) is 85.8 Å². The molecule has 0 aliphatic rings. The molecule has 204 valence electrons. The molecule has 2 amide bonds. The molecule has 4 aromatic rings. The highest BCUT2D eigenvalue weighted by molar-refractivity contribution is 7.92. The number of nitrogens with one attached hydrogen (secondary N) is 2. The van der Waals surface area contributed by atoms with E-state index in [9.17, 15) is 18.0 Å². The maximum Gasteiger partial charge on any atom is 0.264 e. The molecule has 0 aromatic heterocycles. The lowest BCUT2D eigenvalue weighted by molar-refractivity contribution is -0.119. The van der Waals surface area contributed by atoms with Crippen molar-refractivity contribution in [2.24, 2.45) is 5.10 Å². The summed E-state index contributed by atoms with van der Waals surface area (Å²) in [5, 5.41) is 7.02. The minimum absolute atomic E-state index is 0.0860. The Morgan fingerprint density at radius 3 is 2.05 bits per heavy atom. The molecule has 4 rings (SSSR count). The third-order valence-corrected chi connectivity index (χ3v) is 8.18. The highest BCUT2D eigenvalue weighted by Crippen LogP contribution is 2.28. The van der Waals surface area contributed by atoms with Gasteiger partial charge in [-0.3, -0.25) is 13.9 Å². The molecule has 0 aliphatic carbocycles. The summed E-state index contributed by atoms with van der Waals surface area (Å²) in [7, 11) is -4.02. The minimum Gasteiger partial charge on any atom is -0.322 e. The van der Waals surface area contributed by atoms with E-state index in [1.807, 2.05) is 26.0 Å². The van der Waals surface area contributed by atoms with Crippen LogP contribution in [-0.4, -0.2) is 32.5 Å². The van der Waals surface area contributed by atoms with Crippen molar-refractivity contribution in [3.05, 3.63) is 125 Å². The molecule has 2 N–H and O–H groups in total. The molecule has 0 aliphatic heterocycles. The van der Waals surface area contributed by atoms with Gasteiger partial charge in [0.2, 0.25) is 0 Å². The molecule has 0 bridgehead atoms. The quantitative estimate of drug-likeness (QED) is 0.216. The summed E-state index contributed by atoms with van der Waals surface area (Å²) in [5.74, 6) is -0.809. The minimum atomic E-state index is -4.02. The van der Waals surface area contributed by atoms with Crippen molar-refractivity contribution >= 4 is 38.9 Å². The number of anilines is 2. The third kappa shape index (κ3) is 6.62. The van der Waals surface area contributed by atoms with Crippen LogP contribution in [-0.2, 0) is 14.8 Å². The lowest BCUT2D eigenvalue weighted by Gasteiger charge is -2.26. The van der Waals surface area contributed by atoms with Crippen molar-refractivity contribution in [2.45, 2.75) is 25.7 Å². The van der Waals surface area contributed by atoms with Gasteiger partial charge in [-0.15, -0.1) is 0 Å². The van der Waals surface area contributed by atoms with Gasteiger partial charge >= 0.3 is 0 Å². The predicted octanol–water partition coefficient (Wildman–Crippen LogP) is 5.29. The van der Waals surface area contributed by atoms with Crippen LogP contribution in [0.1, 0.15) is 34.0 Å². The summed E-state index contributed by atoms with van der Waals surface area (Å²) in [6.45, 7) is 4.98. The van der Waals surface area contributed by atoms with Crippen molar-refractivity contribution in [3.8, 4) is 0 Å². The largest absolute Gasteiger partial charge is 0.322 e. The van der Waals surface area contributed by atoms with E-state index >= 15 is 0 Å². The average molecular weight is 555 g/mol. The van der Waals surface area contributed by atoms with E-state index in [-0.39, 0.29) is 10.8 Å². The number of amides is 2. The number of aryl methyl sites for hydroxylation is 1. The molecular formula is C31H30N4O4S. The molecule has 0 saturated carbocycles. The van der Waals surface area contributed by atoms with Gasteiger partial charge in [0, 0.05) is 11.3 Å². The molecular weight excluding hydrogens is 524 g/mol. The molecule has 40 heavy (non-hydrogen) atoms. The molecule has 0 spiro atoms. The summed E-state index contributed by atoms with van der Waals surface area (Å²) in [6, 6.07) is 29.3. The van der Waals surface area contributed by atoms with Gasteiger partial charge < -0.3 is 5.32 Å². The average Bonchev–Trinajstić information content (AvgIpc) is 2.97. The number of benzene rings is 4. The fourth-order valence-electron chi connectivity index (χ4n) is 3.99. The van der Waals surface area contributed by atoms with E-state index in [0.29, 0.717) is 22.6 Å². The zero-order chi connectivity index (χ0) is 28.7. The first-order chi connectivity index (χ1) is 19.2. The van der Waals surface area contributed by atoms with Crippen molar-refractivity contribution < 1.29 is 18.0 Å². The molecule has 0 fully saturated rings. The number of sulfonamides is 1. The number of hydrogen-bond acceptors (Lipinski definition) is 5. The summed E-state index contributed by atoms with van der Waals surface area (Å²) in [4.78, 5) is 25.4. The van der Waals surface area contributed by atoms with Crippen LogP contribution in [0.5, 0.6) is 0 Å². The van der Waals surface area contributed by atoms with Crippen molar-refractivity contribution in [1.29, 1.82) is 0 Å². The monoisotopic (exact) mass is 554 g/mol. The number of hydrogen-bond donors (Lipinski definition) is 2. The zero-order valence-electron chi connectivity index (χ0n) is 22.5. The van der Waals surface area contributed by atoms with E-state index in [0.717, 1.165) is 21.0 Å². The zero-order valence-corrected chi connectivity index (χ0v) is 23.3. The number of carbonyl (C=O) groups excluding carboxylic acids is 2. The third-order valence-electron chi connectivity index (χ3n) is 6.41. The van der Waals surface area contributed by atoms with Crippen LogP contribution in [0.2, 0.25) is 0 Å². The smallest absolute Gasteiger partial charge is 0.264 e. The number of hydrazone groups is 1. The molecule has 4 aromatic carbocycles. The first kappa shape index (κ1) is 28.3. The van der Waals surface area contributed by atoms with Crippen molar-refractivity contribution in [2.75, 3.05) is 16.2 Å². The first-order valence-corrected chi connectivity index (χ1v) is 14.0. The Labute approximate surface area is 234 Å². The Morgan fingerprint density at radius 2 is 1.40 bits per heavy atom. The Bertz CT molecular complexity index is 1640. The standard InChI is InChI=1S/C31H30N4O4S/c1-22-11-10-16-29(23(22)2)35(40(38,39)28-14-8-5-9-15-28)21-30(36)34-33-24(3)25-17-19-27(20-18-25)32-31(37)26-12-6-4-7-13-26/h4-20H,21H2,1-3H3,(H,32,37)(H,34,36)/b33-24+. The summed E-state index contributed by atoms with van der Waals surface area (Å²) >= 11 is 0. The second-order valence-electron chi connectivity index (χ2n) is 9.17. The maximum absolute atomic E-state index is 13.6. The van der Waals surface area contributed by atoms with Gasteiger partial charge in [-0.05, 0) is 79.9 Å². The van der Waals surface area contributed by atoms with Gasteiger partial charge in [-0.2, -0.15) is 5.10 Å². The van der Waals surface area contributed by atoms with Crippen LogP contribution < -0.4 is 15.0 Å². The fraction of sp³-hybridized carbons (Fsp3) is 0.129. The van der Waals surface area contributed by atoms with Gasteiger partial charge in [0.25, 0.3) is 21.8 Å². The molecule has 0 radical (unpaired) electrons. The van der Waals surface area contributed by atoms with Crippen LogP contribution in [0.25, 0.3) is 0 Å². The van der Waals surface area contributed by atoms with Crippen LogP contribution in [0.4, 0.5) is 11.4 Å². The molecule has 0 saturated heterocycles. The topological polar surface area (TPSA) is 108 Å². The molecule has 9 heteroatoms. The van der Waals surface area contributed by atoms with Gasteiger partial charge in [-0.25, -0.2) is 13.8 Å². The molecule has 0 heterocycles. The molecule has 0 atom stereocenters. The van der Waals surface area contributed by atoms with Gasteiger partial charge in [0.1, 0.15) is 6.54 Å². The Kier molecular flexibility index (Phi) is 8.76. The number of rotatable bonds is 9. The van der Waals surface area contributed by atoms with Crippen molar-refractivity contribution in [3.63, 3.8) is 0 Å². The summed E-state index contributed by atoms with van der Waals surface area (Å²) < 4.78 is 28.2. The van der Waals surface area contributed by atoms with E-state index in [2.05, 4.69) is 15.8 Å². The predicted molar refractivity (Wildman–Crippen MR) is 158 cm³/mol. The first-order valence-electron chi connectivity index (χ1n) is 12.6. The van der Waals surface area contributed by atoms with Gasteiger partial charge in [0.15, 0.2) is 0 Å². The van der Waals surface area contributed by atoms with E-state index in [4.69, 9.17) is 0 Å². The fourth-order valence-corrected chi connectivity index (χ4v) is 5.49. The second kappa shape index (κ2) is 12.4. The lowest BCUT2D eigenvalue weighted by atomic mass is 10.1. The summed E-state index contributed by atoms with van der Waals surface area (Å²) in [6.07, 6.45) is 0. The van der Waals surface area contributed by atoms with E-state index in [1.165, 1.54) is 12.1 Å². The summed E-state index contributed by atoms with van der Waals surface area (Å²) in [5.41, 5.74) is 6.97. The van der Waals surface area contributed by atoms with Crippen LogP contribution in [0.15, 0.2) is 113 Å². The molecule has 0 unspecified atom stereocenters. The number of nitrogens with zero attached hydrogens (tertiary/aromatic N) is 2. The molecule has 8 nitrogen and oxygen atoms in total. The van der Waals surface area contributed by atoms with Crippen LogP contribution in [0.3, 0.4) is 0 Å². The van der Waals surface area contributed by atoms with Crippen LogP contribution in [0, 0.1) is 13.8 Å². The van der Waals surface area contributed by atoms with Gasteiger partial charge in [0.05, 0.1) is 16.3 Å². The van der Waals surface area contributed by atoms with Crippen LogP contribution >= 0.6 is 0 Å². The Hall–Kier alpha value is -4.76. The Balaban J connectivity index is 1.48. The Morgan fingerprint density at radius 1 is 0.775 bits per heavy atom. The highest BCUT2D eigenvalue weighted by Gasteiger charge is 2.28. The maximum atomic E-state index is 13.6. The second-order valence-corrected chi connectivity index (χ2v) is 11.0. The number of carbonyl (C=O) groups is 2. The normalized spacial score (nSPS) is 11.5. The lowest BCUT2D eigenvalue weighted by Crippen LogP contribution is -2.40. The van der Waals surface area contributed by atoms with E-state index < -0.39 is 22.5 Å². The van der Waals surface area contributed by atoms with Gasteiger partial charge in [-0.1, -0.05) is 60.7 Å².